The second-order valence-corrected chi connectivity index (χ2v) is 5.59. The van der Waals surface area contributed by atoms with E-state index in [4.69, 9.17) is 16.1 Å². The summed E-state index contributed by atoms with van der Waals surface area (Å²) in [6.07, 6.45) is 2.87. The van der Waals surface area contributed by atoms with Gasteiger partial charge < -0.3 is 15.2 Å². The number of hydrogen-bond acceptors (Lipinski definition) is 6. The lowest BCUT2D eigenvalue weighted by molar-refractivity contribution is 0.102. The minimum atomic E-state index is -0.363. The average molecular weight is 344 g/mol. The number of carbonyl (C=O) groups excluding carboxylic acids is 1. The third kappa shape index (κ3) is 3.69. The van der Waals surface area contributed by atoms with Crippen molar-refractivity contribution in [3.63, 3.8) is 0 Å². The molecule has 2 N–H and O–H groups in total. The highest BCUT2D eigenvalue weighted by molar-refractivity contribution is 6.30. The Morgan fingerprint density at radius 3 is 2.54 bits per heavy atom. The molecular formula is C16H14ClN5O2. The Morgan fingerprint density at radius 2 is 1.92 bits per heavy atom. The Hall–Kier alpha value is -2.93. The molecule has 1 amide bonds. The Bertz CT molecular complexity index is 876. The zero-order valence-electron chi connectivity index (χ0n) is 13.0. The molecule has 24 heavy (non-hydrogen) atoms. The molecule has 0 saturated heterocycles. The predicted octanol–water partition coefficient (Wildman–Crippen LogP) is 3.73. The third-order valence-corrected chi connectivity index (χ3v) is 3.45. The lowest BCUT2D eigenvalue weighted by Crippen LogP contribution is -2.13. The molecule has 3 rings (SSSR count). The van der Waals surface area contributed by atoms with Gasteiger partial charge >= 0.3 is 0 Å². The van der Waals surface area contributed by atoms with Crippen LogP contribution < -0.4 is 10.6 Å². The van der Waals surface area contributed by atoms with E-state index < -0.39 is 0 Å². The molecule has 2 heterocycles. The van der Waals surface area contributed by atoms with Crippen LogP contribution in [0.25, 0.3) is 0 Å². The van der Waals surface area contributed by atoms with Crippen molar-refractivity contribution in [2.24, 2.45) is 0 Å². The summed E-state index contributed by atoms with van der Waals surface area (Å²) in [5.74, 6) is 0.975. The number of carbonyl (C=O) groups is 1. The first-order valence-electron chi connectivity index (χ1n) is 7.11. The van der Waals surface area contributed by atoms with Crippen molar-refractivity contribution in [2.45, 2.75) is 13.8 Å². The molecule has 0 aliphatic rings. The number of amides is 1. The summed E-state index contributed by atoms with van der Waals surface area (Å²) in [5, 5.41) is 10.0. The van der Waals surface area contributed by atoms with Crippen molar-refractivity contribution in [3.05, 3.63) is 58.6 Å². The van der Waals surface area contributed by atoms with Gasteiger partial charge in [-0.2, -0.15) is 0 Å². The zero-order valence-corrected chi connectivity index (χ0v) is 13.8. The molecule has 0 bridgehead atoms. The molecule has 0 spiro atoms. The average Bonchev–Trinajstić information content (AvgIpc) is 2.96. The molecule has 0 fully saturated rings. The number of nitrogens with zero attached hydrogens (tertiary/aromatic N) is 3. The first-order chi connectivity index (χ1) is 11.5. The Morgan fingerprint density at radius 1 is 1.17 bits per heavy atom. The van der Waals surface area contributed by atoms with Gasteiger partial charge in [0.25, 0.3) is 5.91 Å². The maximum Gasteiger partial charge on any atom is 0.260 e. The van der Waals surface area contributed by atoms with E-state index in [2.05, 4.69) is 25.8 Å². The highest BCUT2D eigenvalue weighted by Crippen LogP contribution is 2.21. The number of halogens is 1. The summed E-state index contributed by atoms with van der Waals surface area (Å²) in [7, 11) is 0. The first kappa shape index (κ1) is 15.9. The number of anilines is 3. The second-order valence-electron chi connectivity index (χ2n) is 5.16. The normalized spacial score (nSPS) is 10.5. The smallest absolute Gasteiger partial charge is 0.260 e. The summed E-state index contributed by atoms with van der Waals surface area (Å²) in [5.41, 5.74) is 2.12. The highest BCUT2D eigenvalue weighted by atomic mass is 35.5. The van der Waals surface area contributed by atoms with Crippen molar-refractivity contribution in [2.75, 3.05) is 10.6 Å². The number of aryl methyl sites for hydroxylation is 2. The monoisotopic (exact) mass is 343 g/mol. The maximum absolute atomic E-state index is 12.1. The van der Waals surface area contributed by atoms with E-state index in [0.29, 0.717) is 28.1 Å². The van der Waals surface area contributed by atoms with Gasteiger partial charge in [-0.15, -0.1) is 0 Å². The SMILES string of the molecule is Cc1cc(NC(=O)c2cnc(Nc3ccc(Cl)cc3C)nc2)no1. The molecule has 0 aliphatic heterocycles. The zero-order chi connectivity index (χ0) is 17.1. The second kappa shape index (κ2) is 6.67. The van der Waals surface area contributed by atoms with Crippen LogP contribution >= 0.6 is 11.6 Å². The van der Waals surface area contributed by atoms with Crippen LogP contribution in [0.3, 0.4) is 0 Å². The van der Waals surface area contributed by atoms with E-state index in [0.717, 1.165) is 11.3 Å². The maximum atomic E-state index is 12.1. The van der Waals surface area contributed by atoms with Crippen molar-refractivity contribution in [1.82, 2.24) is 15.1 Å². The predicted molar refractivity (Wildman–Crippen MR) is 90.7 cm³/mol. The van der Waals surface area contributed by atoms with Gasteiger partial charge in [-0.25, -0.2) is 9.97 Å². The Labute approximate surface area is 143 Å². The van der Waals surface area contributed by atoms with Gasteiger partial charge in [0.05, 0.1) is 5.56 Å². The standard InChI is InChI=1S/C16H14ClN5O2/c1-9-5-12(17)3-4-13(9)20-16-18-7-11(8-19-16)15(23)21-14-6-10(2)24-22-14/h3-8H,1-2H3,(H,18,19,20)(H,21,22,23). The van der Waals surface area contributed by atoms with Crippen molar-refractivity contribution in [1.29, 1.82) is 0 Å². The number of rotatable bonds is 4. The summed E-state index contributed by atoms with van der Waals surface area (Å²) in [6, 6.07) is 7.08. The van der Waals surface area contributed by atoms with Crippen LogP contribution in [-0.4, -0.2) is 21.0 Å². The van der Waals surface area contributed by atoms with Gasteiger partial charge in [0.1, 0.15) is 5.76 Å². The van der Waals surface area contributed by atoms with Crippen LogP contribution in [0.4, 0.5) is 17.5 Å². The molecule has 0 atom stereocenters. The van der Waals surface area contributed by atoms with E-state index in [1.165, 1.54) is 12.4 Å². The highest BCUT2D eigenvalue weighted by Gasteiger charge is 2.10. The quantitative estimate of drug-likeness (QED) is 0.749. The minimum absolute atomic E-state index is 0.314. The van der Waals surface area contributed by atoms with Gasteiger partial charge in [-0.1, -0.05) is 16.8 Å². The van der Waals surface area contributed by atoms with Crippen molar-refractivity contribution >= 4 is 35.0 Å². The third-order valence-electron chi connectivity index (χ3n) is 3.22. The van der Waals surface area contributed by atoms with Crippen LogP contribution in [0.5, 0.6) is 0 Å². The Balaban J connectivity index is 1.69. The summed E-state index contributed by atoms with van der Waals surface area (Å²) < 4.78 is 4.89. The minimum Gasteiger partial charge on any atom is -0.360 e. The van der Waals surface area contributed by atoms with Gasteiger partial charge in [-0.3, -0.25) is 4.79 Å². The molecule has 122 valence electrons. The summed E-state index contributed by atoms with van der Waals surface area (Å²) in [4.78, 5) is 20.4. The molecule has 0 saturated carbocycles. The summed E-state index contributed by atoms with van der Waals surface area (Å²) >= 11 is 5.93. The lowest BCUT2D eigenvalue weighted by Gasteiger charge is -2.08. The fourth-order valence-corrected chi connectivity index (χ4v) is 2.24. The number of benzene rings is 1. The van der Waals surface area contributed by atoms with Crippen LogP contribution in [0, 0.1) is 13.8 Å². The lowest BCUT2D eigenvalue weighted by atomic mass is 10.2. The van der Waals surface area contributed by atoms with Gasteiger partial charge in [0, 0.05) is 29.2 Å². The molecule has 1 aromatic carbocycles. The van der Waals surface area contributed by atoms with E-state index in [-0.39, 0.29) is 5.91 Å². The fraction of sp³-hybridized carbons (Fsp3) is 0.125. The van der Waals surface area contributed by atoms with Gasteiger partial charge in [-0.05, 0) is 37.6 Å². The van der Waals surface area contributed by atoms with Crippen molar-refractivity contribution < 1.29 is 9.32 Å². The largest absolute Gasteiger partial charge is 0.360 e. The Kier molecular flexibility index (Phi) is 4.43. The van der Waals surface area contributed by atoms with Gasteiger partial charge in [0.15, 0.2) is 5.82 Å². The number of hydrogen-bond donors (Lipinski definition) is 2. The molecule has 2 aromatic heterocycles. The van der Waals surface area contributed by atoms with Crippen LogP contribution in [0.15, 0.2) is 41.2 Å². The number of nitrogens with one attached hydrogen (secondary N) is 2. The molecule has 0 radical (unpaired) electrons. The van der Waals surface area contributed by atoms with Gasteiger partial charge in [0.2, 0.25) is 5.95 Å². The van der Waals surface area contributed by atoms with Crippen LogP contribution in [0.2, 0.25) is 5.02 Å². The molecule has 0 aliphatic carbocycles. The van der Waals surface area contributed by atoms with E-state index in [9.17, 15) is 4.79 Å². The van der Waals surface area contributed by atoms with E-state index >= 15 is 0 Å². The molecule has 8 heteroatoms. The van der Waals surface area contributed by atoms with Crippen LogP contribution in [-0.2, 0) is 0 Å². The molecule has 3 aromatic rings. The first-order valence-corrected chi connectivity index (χ1v) is 7.49. The molecule has 0 unspecified atom stereocenters. The molecule has 7 nitrogen and oxygen atoms in total. The van der Waals surface area contributed by atoms with Crippen LogP contribution in [0.1, 0.15) is 21.7 Å². The van der Waals surface area contributed by atoms with Crippen molar-refractivity contribution in [3.8, 4) is 0 Å². The summed E-state index contributed by atoms with van der Waals surface area (Å²) in [6.45, 7) is 3.67. The fourth-order valence-electron chi connectivity index (χ4n) is 2.01. The molecular weight excluding hydrogens is 330 g/mol. The number of aromatic nitrogens is 3. The topological polar surface area (TPSA) is 92.9 Å². The van der Waals surface area contributed by atoms with E-state index in [1.54, 1.807) is 19.1 Å². The van der Waals surface area contributed by atoms with E-state index in [1.807, 2.05) is 19.1 Å².